The van der Waals surface area contributed by atoms with E-state index in [0.717, 1.165) is 7.05 Å². The average Bonchev–Trinajstić information content (AvgIpc) is 2.01. The van der Waals surface area contributed by atoms with Crippen LogP contribution in [0.25, 0.3) is 0 Å². The first-order valence-corrected chi connectivity index (χ1v) is 3.85. The molecular formula is C7H11F3N2O2. The van der Waals surface area contributed by atoms with Gasteiger partial charge >= 0.3 is 12.2 Å². The normalized spacial score (nSPS) is 13.5. The summed E-state index contributed by atoms with van der Waals surface area (Å²) in [6.07, 6.45) is -5.06. The molecule has 7 heteroatoms. The Morgan fingerprint density at radius 2 is 1.86 bits per heavy atom. The van der Waals surface area contributed by atoms with E-state index in [1.165, 1.54) is 6.92 Å². The molecule has 0 saturated carbocycles. The SMILES string of the molecule is CCC(C(=O)N(C)C(N)=O)C(F)(F)F. The van der Waals surface area contributed by atoms with Crippen LogP contribution in [-0.2, 0) is 4.79 Å². The first kappa shape index (κ1) is 12.7. The number of rotatable bonds is 2. The Morgan fingerprint density at radius 3 is 2.07 bits per heavy atom. The quantitative estimate of drug-likeness (QED) is 0.745. The molecule has 0 aliphatic carbocycles. The number of hydrogen-bond donors (Lipinski definition) is 1. The number of carbonyl (C=O) groups excluding carboxylic acids is 2. The Bertz CT molecular complexity index is 240. The summed E-state index contributed by atoms with van der Waals surface area (Å²) in [6.45, 7) is 1.21. The maximum atomic E-state index is 12.2. The van der Waals surface area contributed by atoms with Crippen LogP contribution in [0.4, 0.5) is 18.0 Å². The number of imide groups is 1. The van der Waals surface area contributed by atoms with E-state index >= 15 is 0 Å². The fraction of sp³-hybridized carbons (Fsp3) is 0.714. The predicted molar refractivity (Wildman–Crippen MR) is 42.2 cm³/mol. The van der Waals surface area contributed by atoms with Gasteiger partial charge in [-0.25, -0.2) is 4.79 Å². The summed E-state index contributed by atoms with van der Waals surface area (Å²) >= 11 is 0. The second kappa shape index (κ2) is 4.30. The molecule has 2 N–H and O–H groups in total. The van der Waals surface area contributed by atoms with Crippen LogP contribution in [0.5, 0.6) is 0 Å². The Labute approximate surface area is 78.8 Å². The number of amides is 3. The van der Waals surface area contributed by atoms with E-state index in [1.807, 2.05) is 0 Å². The number of nitrogens with two attached hydrogens (primary N) is 1. The van der Waals surface area contributed by atoms with E-state index in [4.69, 9.17) is 0 Å². The largest absolute Gasteiger partial charge is 0.400 e. The van der Waals surface area contributed by atoms with Crippen molar-refractivity contribution in [1.82, 2.24) is 4.90 Å². The van der Waals surface area contributed by atoms with Gasteiger partial charge in [-0.1, -0.05) is 6.92 Å². The van der Waals surface area contributed by atoms with Crippen molar-refractivity contribution in [2.75, 3.05) is 7.05 Å². The van der Waals surface area contributed by atoms with Crippen LogP contribution < -0.4 is 5.73 Å². The van der Waals surface area contributed by atoms with E-state index < -0.39 is 30.5 Å². The van der Waals surface area contributed by atoms with Gasteiger partial charge in [-0.3, -0.25) is 9.69 Å². The maximum absolute atomic E-state index is 12.2. The third kappa shape index (κ3) is 2.90. The standard InChI is InChI=1S/C7H11F3N2O2/c1-3-4(7(8,9)10)5(13)12(2)6(11)14/h4H,3H2,1-2H3,(H2,11,14). The Balaban J connectivity index is 4.72. The van der Waals surface area contributed by atoms with Crippen LogP contribution in [0.1, 0.15) is 13.3 Å². The second-order valence-corrected chi connectivity index (χ2v) is 2.74. The second-order valence-electron chi connectivity index (χ2n) is 2.74. The molecule has 0 heterocycles. The molecule has 0 spiro atoms. The number of alkyl halides is 3. The van der Waals surface area contributed by atoms with E-state index in [9.17, 15) is 22.8 Å². The molecule has 1 unspecified atom stereocenters. The maximum Gasteiger partial charge on any atom is 0.400 e. The van der Waals surface area contributed by atoms with Crippen molar-refractivity contribution in [3.05, 3.63) is 0 Å². The van der Waals surface area contributed by atoms with Crippen LogP contribution in [0.15, 0.2) is 0 Å². The van der Waals surface area contributed by atoms with Crippen LogP contribution in [0, 0.1) is 5.92 Å². The zero-order valence-corrected chi connectivity index (χ0v) is 7.76. The van der Waals surface area contributed by atoms with E-state index in [1.54, 1.807) is 0 Å². The lowest BCUT2D eigenvalue weighted by Gasteiger charge is -2.21. The molecule has 4 nitrogen and oxygen atoms in total. The van der Waals surface area contributed by atoms with Gasteiger partial charge in [0.15, 0.2) is 0 Å². The van der Waals surface area contributed by atoms with Crippen LogP contribution in [0.3, 0.4) is 0 Å². The van der Waals surface area contributed by atoms with Crippen molar-refractivity contribution >= 4 is 11.9 Å². The highest BCUT2D eigenvalue weighted by Crippen LogP contribution is 2.29. The third-order valence-corrected chi connectivity index (χ3v) is 1.76. The van der Waals surface area contributed by atoms with Crippen molar-refractivity contribution in [1.29, 1.82) is 0 Å². The van der Waals surface area contributed by atoms with Gasteiger partial charge < -0.3 is 5.73 Å². The summed E-state index contributed by atoms with van der Waals surface area (Å²) in [6, 6.07) is -1.20. The van der Waals surface area contributed by atoms with E-state index in [-0.39, 0.29) is 4.90 Å². The molecule has 0 aromatic carbocycles. The van der Waals surface area contributed by atoms with Gasteiger partial charge in [-0.15, -0.1) is 0 Å². The molecule has 1 atom stereocenters. The fourth-order valence-electron chi connectivity index (χ4n) is 0.888. The van der Waals surface area contributed by atoms with Gasteiger partial charge in [-0.2, -0.15) is 13.2 Å². The molecule has 0 rings (SSSR count). The minimum atomic E-state index is -4.64. The van der Waals surface area contributed by atoms with Gasteiger partial charge in [0.05, 0.1) is 0 Å². The van der Waals surface area contributed by atoms with Crippen molar-refractivity contribution in [2.45, 2.75) is 19.5 Å². The minimum Gasteiger partial charge on any atom is -0.351 e. The molecule has 0 radical (unpaired) electrons. The highest BCUT2D eigenvalue weighted by Gasteiger charge is 2.45. The zero-order valence-electron chi connectivity index (χ0n) is 7.76. The number of primary amides is 1. The lowest BCUT2D eigenvalue weighted by Crippen LogP contribution is -2.45. The van der Waals surface area contributed by atoms with Gasteiger partial charge in [0.25, 0.3) is 0 Å². The highest BCUT2D eigenvalue weighted by molar-refractivity contribution is 5.94. The Kier molecular flexibility index (Phi) is 3.91. The smallest absolute Gasteiger partial charge is 0.351 e. The fourth-order valence-corrected chi connectivity index (χ4v) is 0.888. The zero-order chi connectivity index (χ0) is 11.5. The molecule has 82 valence electrons. The molecule has 0 aromatic rings. The van der Waals surface area contributed by atoms with Gasteiger partial charge in [0.2, 0.25) is 5.91 Å². The molecule has 0 aliphatic heterocycles. The number of hydrogen-bond acceptors (Lipinski definition) is 2. The average molecular weight is 212 g/mol. The number of nitrogens with zero attached hydrogens (tertiary/aromatic N) is 1. The summed E-state index contributed by atoms with van der Waals surface area (Å²) in [5.74, 6) is -3.49. The summed E-state index contributed by atoms with van der Waals surface area (Å²) in [4.78, 5) is 21.8. The number of urea groups is 1. The molecule has 0 fully saturated rings. The molecule has 0 bridgehead atoms. The lowest BCUT2D eigenvalue weighted by atomic mass is 10.1. The Morgan fingerprint density at radius 1 is 1.43 bits per heavy atom. The molecule has 14 heavy (non-hydrogen) atoms. The van der Waals surface area contributed by atoms with Crippen LogP contribution >= 0.6 is 0 Å². The van der Waals surface area contributed by atoms with Crippen molar-refractivity contribution in [3.63, 3.8) is 0 Å². The first-order chi connectivity index (χ1) is 6.21. The van der Waals surface area contributed by atoms with Gasteiger partial charge in [0, 0.05) is 7.05 Å². The summed E-state index contributed by atoms with van der Waals surface area (Å²) in [5.41, 5.74) is 4.67. The monoisotopic (exact) mass is 212 g/mol. The minimum absolute atomic E-state index is 0.266. The topological polar surface area (TPSA) is 63.4 Å². The van der Waals surface area contributed by atoms with Crippen molar-refractivity contribution in [3.8, 4) is 0 Å². The first-order valence-electron chi connectivity index (χ1n) is 3.85. The van der Waals surface area contributed by atoms with E-state index in [0.29, 0.717) is 0 Å². The summed E-state index contributed by atoms with van der Waals surface area (Å²) < 4.78 is 36.6. The van der Waals surface area contributed by atoms with Crippen LogP contribution in [-0.4, -0.2) is 30.1 Å². The molecule has 3 amide bonds. The van der Waals surface area contributed by atoms with Crippen LogP contribution in [0.2, 0.25) is 0 Å². The van der Waals surface area contributed by atoms with Gasteiger partial charge in [-0.05, 0) is 6.42 Å². The third-order valence-electron chi connectivity index (χ3n) is 1.76. The Hall–Kier alpha value is -1.27. The summed E-state index contributed by atoms with van der Waals surface area (Å²) in [7, 11) is 0.916. The van der Waals surface area contributed by atoms with Crippen molar-refractivity contribution < 1.29 is 22.8 Å². The van der Waals surface area contributed by atoms with E-state index in [2.05, 4.69) is 5.73 Å². The predicted octanol–water partition coefficient (Wildman–Crippen LogP) is 1.11. The number of halogens is 3. The summed E-state index contributed by atoms with van der Waals surface area (Å²) in [5, 5.41) is 0. The van der Waals surface area contributed by atoms with Crippen molar-refractivity contribution in [2.24, 2.45) is 11.7 Å². The molecule has 0 aliphatic rings. The molecular weight excluding hydrogens is 201 g/mol. The number of carbonyl (C=O) groups is 2. The lowest BCUT2D eigenvalue weighted by molar-refractivity contribution is -0.187. The highest BCUT2D eigenvalue weighted by atomic mass is 19.4. The van der Waals surface area contributed by atoms with Gasteiger partial charge in [0.1, 0.15) is 5.92 Å². The molecule has 0 aromatic heterocycles. The molecule has 0 saturated heterocycles.